The summed E-state index contributed by atoms with van der Waals surface area (Å²) in [7, 11) is 1.70. The molecule has 2 rings (SSSR count). The highest BCUT2D eigenvalue weighted by molar-refractivity contribution is 4.96. The lowest BCUT2D eigenvalue weighted by molar-refractivity contribution is 0.0110. The lowest BCUT2D eigenvalue weighted by atomic mass is 10.0. The predicted molar refractivity (Wildman–Crippen MR) is 71.7 cm³/mol. The minimum Gasteiger partial charge on any atom is -0.383 e. The molecular formula is C13H24N4O2. The van der Waals surface area contributed by atoms with Crippen molar-refractivity contribution in [3.05, 3.63) is 11.6 Å². The van der Waals surface area contributed by atoms with Crippen molar-refractivity contribution in [3.8, 4) is 0 Å². The number of nitrogens with two attached hydrogens (primary N) is 1. The predicted octanol–water partition coefficient (Wildman–Crippen LogP) is 0.885. The molecule has 1 fully saturated rings. The molecule has 0 amide bonds. The molecule has 1 aromatic heterocycles. The van der Waals surface area contributed by atoms with E-state index in [1.54, 1.807) is 7.11 Å². The van der Waals surface area contributed by atoms with E-state index in [2.05, 4.69) is 14.8 Å². The molecule has 1 unspecified atom stereocenters. The Hall–Kier alpha value is -0.980. The van der Waals surface area contributed by atoms with Gasteiger partial charge in [0.2, 0.25) is 0 Å². The van der Waals surface area contributed by atoms with Gasteiger partial charge in [-0.05, 0) is 25.7 Å². The highest BCUT2D eigenvalue weighted by Crippen LogP contribution is 2.17. The van der Waals surface area contributed by atoms with Crippen LogP contribution >= 0.6 is 0 Å². The van der Waals surface area contributed by atoms with E-state index >= 15 is 0 Å². The maximum Gasteiger partial charge on any atom is 0.146 e. The average molecular weight is 268 g/mol. The first-order chi connectivity index (χ1) is 9.35. The van der Waals surface area contributed by atoms with Gasteiger partial charge in [-0.25, -0.2) is 0 Å². The molecular weight excluding hydrogens is 244 g/mol. The van der Waals surface area contributed by atoms with Crippen LogP contribution in [0.4, 0.5) is 0 Å². The van der Waals surface area contributed by atoms with Gasteiger partial charge in [0.1, 0.15) is 11.6 Å². The fourth-order valence-electron chi connectivity index (χ4n) is 2.47. The van der Waals surface area contributed by atoms with Crippen LogP contribution in [-0.4, -0.2) is 41.2 Å². The van der Waals surface area contributed by atoms with Crippen molar-refractivity contribution in [1.29, 1.82) is 0 Å². The Kier molecular flexibility index (Phi) is 5.75. The Labute approximate surface area is 114 Å². The van der Waals surface area contributed by atoms with E-state index in [4.69, 9.17) is 15.2 Å². The topological polar surface area (TPSA) is 75.2 Å². The number of nitrogens with zero attached hydrogens (tertiary/aromatic N) is 3. The van der Waals surface area contributed by atoms with E-state index in [-0.39, 0.29) is 0 Å². The molecule has 0 spiro atoms. The van der Waals surface area contributed by atoms with Gasteiger partial charge in [-0.15, -0.1) is 10.2 Å². The minimum absolute atomic E-state index is 0.377. The van der Waals surface area contributed by atoms with Gasteiger partial charge in [0.25, 0.3) is 0 Å². The molecule has 2 N–H and O–H groups in total. The van der Waals surface area contributed by atoms with Gasteiger partial charge in [0.15, 0.2) is 0 Å². The second kappa shape index (κ2) is 7.57. The summed E-state index contributed by atoms with van der Waals surface area (Å²) >= 11 is 0. The van der Waals surface area contributed by atoms with E-state index in [9.17, 15) is 0 Å². The molecule has 1 atom stereocenters. The van der Waals surface area contributed by atoms with Crippen molar-refractivity contribution in [1.82, 2.24) is 14.8 Å². The van der Waals surface area contributed by atoms with Gasteiger partial charge in [0, 0.05) is 26.7 Å². The zero-order valence-corrected chi connectivity index (χ0v) is 11.7. The number of hydrogen-bond acceptors (Lipinski definition) is 5. The molecule has 19 heavy (non-hydrogen) atoms. The second-order valence-corrected chi connectivity index (χ2v) is 4.91. The molecule has 0 saturated carbocycles. The smallest absolute Gasteiger partial charge is 0.146 e. The Morgan fingerprint density at radius 3 is 2.89 bits per heavy atom. The van der Waals surface area contributed by atoms with Crippen molar-refractivity contribution in [3.63, 3.8) is 0 Å². The monoisotopic (exact) mass is 268 g/mol. The minimum atomic E-state index is 0.377. The van der Waals surface area contributed by atoms with E-state index in [0.29, 0.717) is 19.3 Å². The van der Waals surface area contributed by atoms with Crippen LogP contribution in [0, 0.1) is 0 Å². The lowest BCUT2D eigenvalue weighted by Gasteiger charge is -2.22. The fourth-order valence-corrected chi connectivity index (χ4v) is 2.47. The van der Waals surface area contributed by atoms with Crippen molar-refractivity contribution < 1.29 is 9.47 Å². The first kappa shape index (κ1) is 14.4. The van der Waals surface area contributed by atoms with Gasteiger partial charge in [-0.3, -0.25) is 0 Å². The van der Waals surface area contributed by atoms with Gasteiger partial charge < -0.3 is 19.8 Å². The number of ether oxygens (including phenoxy) is 2. The number of aromatic nitrogens is 3. The molecule has 0 bridgehead atoms. The molecule has 2 heterocycles. The van der Waals surface area contributed by atoms with Crippen molar-refractivity contribution in [2.45, 2.75) is 51.3 Å². The third-order valence-electron chi connectivity index (χ3n) is 3.57. The summed E-state index contributed by atoms with van der Waals surface area (Å²) in [4.78, 5) is 0. The Balaban J connectivity index is 1.92. The van der Waals surface area contributed by atoms with Crippen LogP contribution in [0.25, 0.3) is 0 Å². The van der Waals surface area contributed by atoms with E-state index in [1.165, 1.54) is 12.8 Å². The summed E-state index contributed by atoms with van der Waals surface area (Å²) in [6.07, 6.45) is 5.91. The standard InChI is InChI=1S/C13H24N4O2/c1-18-9-7-17-12(15-16-13(17)10-14)6-5-11-4-2-3-8-19-11/h11H,2-10,14H2,1H3. The normalized spacial score (nSPS) is 19.8. The third kappa shape index (κ3) is 3.99. The molecule has 6 heteroatoms. The van der Waals surface area contributed by atoms with E-state index < -0.39 is 0 Å². The van der Waals surface area contributed by atoms with Crippen LogP contribution in [0.5, 0.6) is 0 Å². The largest absolute Gasteiger partial charge is 0.383 e. The van der Waals surface area contributed by atoms with Crippen LogP contribution in [-0.2, 0) is 29.0 Å². The van der Waals surface area contributed by atoms with E-state index in [1.807, 2.05) is 0 Å². The zero-order valence-electron chi connectivity index (χ0n) is 11.7. The van der Waals surface area contributed by atoms with Crippen molar-refractivity contribution >= 4 is 0 Å². The molecule has 1 aromatic rings. The lowest BCUT2D eigenvalue weighted by Crippen LogP contribution is -2.21. The second-order valence-electron chi connectivity index (χ2n) is 4.91. The van der Waals surface area contributed by atoms with Crippen LogP contribution in [0.1, 0.15) is 37.3 Å². The summed E-state index contributed by atoms with van der Waals surface area (Å²) in [5.74, 6) is 1.82. The van der Waals surface area contributed by atoms with Crippen molar-refractivity contribution in [2.75, 3.05) is 20.3 Å². The van der Waals surface area contributed by atoms with Gasteiger partial charge >= 0.3 is 0 Å². The van der Waals surface area contributed by atoms with E-state index in [0.717, 1.165) is 44.1 Å². The average Bonchev–Trinajstić information content (AvgIpc) is 2.86. The Morgan fingerprint density at radius 1 is 1.37 bits per heavy atom. The molecule has 0 aliphatic carbocycles. The van der Waals surface area contributed by atoms with Crippen LogP contribution < -0.4 is 5.73 Å². The van der Waals surface area contributed by atoms with Gasteiger partial charge in [0.05, 0.1) is 19.3 Å². The highest BCUT2D eigenvalue weighted by Gasteiger charge is 2.16. The van der Waals surface area contributed by atoms with Gasteiger partial charge in [-0.1, -0.05) is 0 Å². The molecule has 1 aliphatic heterocycles. The van der Waals surface area contributed by atoms with Crippen LogP contribution in [0.15, 0.2) is 0 Å². The number of aryl methyl sites for hydroxylation is 1. The molecule has 0 radical (unpaired) electrons. The molecule has 1 aliphatic rings. The molecule has 108 valence electrons. The number of methoxy groups -OCH3 is 1. The summed E-state index contributed by atoms with van der Waals surface area (Å²) < 4.78 is 12.9. The Morgan fingerprint density at radius 2 is 2.21 bits per heavy atom. The third-order valence-corrected chi connectivity index (χ3v) is 3.57. The summed E-state index contributed by atoms with van der Waals surface area (Å²) in [5, 5.41) is 8.39. The summed E-state index contributed by atoms with van der Waals surface area (Å²) in [5.41, 5.74) is 5.69. The van der Waals surface area contributed by atoms with Crippen LogP contribution in [0.3, 0.4) is 0 Å². The SMILES string of the molecule is COCCn1c(CN)nnc1CCC1CCCCO1. The molecule has 0 aromatic carbocycles. The summed E-state index contributed by atoms with van der Waals surface area (Å²) in [6, 6.07) is 0. The van der Waals surface area contributed by atoms with Gasteiger partial charge in [-0.2, -0.15) is 0 Å². The first-order valence-corrected chi connectivity index (χ1v) is 7.06. The Bertz CT molecular complexity index is 375. The highest BCUT2D eigenvalue weighted by atomic mass is 16.5. The maximum atomic E-state index is 5.75. The first-order valence-electron chi connectivity index (χ1n) is 7.06. The maximum absolute atomic E-state index is 5.75. The number of hydrogen-bond donors (Lipinski definition) is 1. The van der Waals surface area contributed by atoms with Crippen molar-refractivity contribution in [2.24, 2.45) is 5.73 Å². The van der Waals surface area contributed by atoms with Crippen LogP contribution in [0.2, 0.25) is 0 Å². The summed E-state index contributed by atoms with van der Waals surface area (Å²) in [6.45, 7) is 2.72. The molecule has 1 saturated heterocycles. The quantitative estimate of drug-likeness (QED) is 0.794. The number of rotatable bonds is 7. The molecule has 6 nitrogen and oxygen atoms in total. The zero-order chi connectivity index (χ0) is 13.5. The fraction of sp³-hybridized carbons (Fsp3) is 0.846.